The lowest BCUT2D eigenvalue weighted by Crippen LogP contribution is -2.46. The minimum absolute atomic E-state index is 0.274. The zero-order valence-corrected chi connectivity index (χ0v) is 9.89. The minimum Gasteiger partial charge on any atom is -0.374 e. The van der Waals surface area contributed by atoms with Crippen LogP contribution in [0.2, 0.25) is 0 Å². The number of hydrogen-bond donors (Lipinski definition) is 0. The molecule has 3 fully saturated rings. The van der Waals surface area contributed by atoms with E-state index in [0.29, 0.717) is 18.1 Å². The highest BCUT2D eigenvalue weighted by Gasteiger charge is 2.43. The second-order valence-electron chi connectivity index (χ2n) is 5.41. The molecule has 2 atom stereocenters. The Morgan fingerprint density at radius 1 is 1.31 bits per heavy atom. The molecule has 3 heterocycles. The molecule has 4 nitrogen and oxygen atoms in total. The van der Waals surface area contributed by atoms with E-state index < -0.39 is 0 Å². The predicted molar refractivity (Wildman–Crippen MR) is 60.1 cm³/mol. The van der Waals surface area contributed by atoms with Crippen LogP contribution in [0.1, 0.15) is 19.3 Å². The summed E-state index contributed by atoms with van der Waals surface area (Å²) in [7, 11) is 2.13. The van der Waals surface area contributed by atoms with Gasteiger partial charge in [-0.3, -0.25) is 4.79 Å². The summed E-state index contributed by atoms with van der Waals surface area (Å²) in [5.41, 5.74) is 0. The van der Waals surface area contributed by atoms with Gasteiger partial charge in [0.15, 0.2) is 0 Å². The summed E-state index contributed by atoms with van der Waals surface area (Å²) in [4.78, 5) is 16.7. The average molecular weight is 224 g/mol. The quantitative estimate of drug-likeness (QED) is 0.643. The maximum Gasteiger partial charge on any atom is 0.226 e. The van der Waals surface area contributed by atoms with Crippen molar-refractivity contribution >= 4 is 5.91 Å². The van der Waals surface area contributed by atoms with E-state index in [1.165, 1.54) is 0 Å². The molecule has 0 radical (unpaired) electrons. The lowest BCUT2D eigenvalue weighted by atomic mass is 9.95. The Labute approximate surface area is 96.5 Å². The van der Waals surface area contributed by atoms with Gasteiger partial charge in [-0.15, -0.1) is 0 Å². The van der Waals surface area contributed by atoms with Crippen LogP contribution < -0.4 is 0 Å². The molecule has 0 spiro atoms. The molecule has 0 saturated carbocycles. The Bertz CT molecular complexity index is 287. The Morgan fingerprint density at radius 2 is 2.06 bits per heavy atom. The van der Waals surface area contributed by atoms with E-state index in [-0.39, 0.29) is 5.92 Å². The summed E-state index contributed by atoms with van der Waals surface area (Å²) < 4.78 is 5.53. The predicted octanol–water partition coefficient (Wildman–Crippen LogP) is 0.328. The molecule has 1 amide bonds. The first kappa shape index (κ1) is 10.5. The molecule has 4 heteroatoms. The first-order chi connectivity index (χ1) is 7.74. The van der Waals surface area contributed by atoms with Crippen molar-refractivity contribution in [3.05, 3.63) is 0 Å². The smallest absolute Gasteiger partial charge is 0.226 e. The molecule has 0 aliphatic carbocycles. The molecule has 2 unspecified atom stereocenters. The molecule has 90 valence electrons. The van der Waals surface area contributed by atoms with Gasteiger partial charge >= 0.3 is 0 Å². The lowest BCUT2D eigenvalue weighted by Gasteiger charge is -2.34. The Hall–Kier alpha value is -0.610. The molecular weight excluding hydrogens is 204 g/mol. The number of morpholine rings is 1. The summed E-state index contributed by atoms with van der Waals surface area (Å²) in [5, 5.41) is 0. The van der Waals surface area contributed by atoms with Gasteiger partial charge < -0.3 is 14.5 Å². The molecule has 2 bridgehead atoms. The average Bonchev–Trinajstić information content (AvgIpc) is 2.91. The third-order valence-electron chi connectivity index (χ3n) is 4.25. The van der Waals surface area contributed by atoms with Gasteiger partial charge in [-0.25, -0.2) is 0 Å². The van der Waals surface area contributed by atoms with E-state index in [0.717, 1.165) is 45.5 Å². The maximum atomic E-state index is 12.3. The van der Waals surface area contributed by atoms with Gasteiger partial charge in [0.1, 0.15) is 0 Å². The molecule has 16 heavy (non-hydrogen) atoms. The number of amides is 1. The van der Waals surface area contributed by atoms with E-state index in [2.05, 4.69) is 16.8 Å². The normalized spacial score (nSPS) is 35.9. The highest BCUT2D eigenvalue weighted by Crippen LogP contribution is 2.30. The van der Waals surface area contributed by atoms with E-state index in [1.54, 1.807) is 0 Å². The molecule has 0 N–H and O–H groups in total. The van der Waals surface area contributed by atoms with Crippen LogP contribution in [0.5, 0.6) is 0 Å². The highest BCUT2D eigenvalue weighted by molar-refractivity contribution is 5.79. The highest BCUT2D eigenvalue weighted by atomic mass is 16.5. The third-order valence-corrected chi connectivity index (χ3v) is 4.25. The minimum atomic E-state index is 0.274. The van der Waals surface area contributed by atoms with Gasteiger partial charge in [-0.1, -0.05) is 0 Å². The summed E-state index contributed by atoms with van der Waals surface area (Å²) >= 11 is 0. The number of fused-ring (bicyclic) bond motifs is 2. The zero-order valence-electron chi connectivity index (χ0n) is 9.89. The first-order valence-corrected chi connectivity index (χ1v) is 6.34. The van der Waals surface area contributed by atoms with Gasteiger partial charge in [0.2, 0.25) is 5.91 Å². The third kappa shape index (κ3) is 1.74. The topological polar surface area (TPSA) is 32.8 Å². The van der Waals surface area contributed by atoms with Crippen molar-refractivity contribution in [3.8, 4) is 0 Å². The maximum absolute atomic E-state index is 12.3. The number of piperidine rings is 1. The lowest BCUT2D eigenvalue weighted by molar-refractivity contribution is -0.141. The number of likely N-dealkylation sites (tertiary alicyclic amines) is 2. The van der Waals surface area contributed by atoms with Crippen LogP contribution in [0.4, 0.5) is 0 Å². The van der Waals surface area contributed by atoms with Crippen LogP contribution in [0.15, 0.2) is 0 Å². The summed E-state index contributed by atoms with van der Waals surface area (Å²) in [6, 6.07) is 0.386. The van der Waals surface area contributed by atoms with E-state index in [1.807, 2.05) is 0 Å². The van der Waals surface area contributed by atoms with E-state index >= 15 is 0 Å². The monoisotopic (exact) mass is 224 g/mol. The number of rotatable bonds is 1. The number of carbonyl (C=O) groups is 1. The van der Waals surface area contributed by atoms with Crippen LogP contribution in [0.25, 0.3) is 0 Å². The van der Waals surface area contributed by atoms with Crippen molar-refractivity contribution in [1.82, 2.24) is 9.80 Å². The van der Waals surface area contributed by atoms with Crippen LogP contribution in [-0.2, 0) is 9.53 Å². The molecule has 0 aromatic heterocycles. The van der Waals surface area contributed by atoms with Gasteiger partial charge in [-0.2, -0.15) is 0 Å². The SMILES string of the molecule is CN1CCC(C(=O)N2CC3CC2CO3)CC1. The van der Waals surface area contributed by atoms with Gasteiger partial charge in [-0.05, 0) is 39.4 Å². The van der Waals surface area contributed by atoms with Crippen LogP contribution in [0.3, 0.4) is 0 Å². The van der Waals surface area contributed by atoms with Crippen molar-refractivity contribution in [2.75, 3.05) is 33.3 Å². The fraction of sp³-hybridized carbons (Fsp3) is 0.917. The van der Waals surface area contributed by atoms with Crippen molar-refractivity contribution in [3.63, 3.8) is 0 Å². The number of ether oxygens (including phenoxy) is 1. The fourth-order valence-electron chi connectivity index (χ4n) is 3.16. The van der Waals surface area contributed by atoms with E-state index in [4.69, 9.17) is 4.74 Å². The van der Waals surface area contributed by atoms with Crippen molar-refractivity contribution < 1.29 is 9.53 Å². The summed E-state index contributed by atoms with van der Waals surface area (Å²) in [6.07, 6.45) is 3.46. The van der Waals surface area contributed by atoms with Gasteiger partial charge in [0.05, 0.1) is 18.8 Å². The molecule has 3 aliphatic rings. The molecular formula is C12H20N2O2. The zero-order chi connectivity index (χ0) is 11.1. The molecule has 0 aromatic carbocycles. The molecule has 3 aliphatic heterocycles. The second-order valence-corrected chi connectivity index (χ2v) is 5.41. The summed E-state index contributed by atoms with van der Waals surface area (Å²) in [5.74, 6) is 0.666. The molecule has 3 saturated heterocycles. The van der Waals surface area contributed by atoms with E-state index in [9.17, 15) is 4.79 Å². The Balaban J connectivity index is 1.61. The van der Waals surface area contributed by atoms with Crippen LogP contribution in [0, 0.1) is 5.92 Å². The Morgan fingerprint density at radius 3 is 2.62 bits per heavy atom. The fourth-order valence-corrected chi connectivity index (χ4v) is 3.16. The van der Waals surface area contributed by atoms with Crippen LogP contribution >= 0.6 is 0 Å². The van der Waals surface area contributed by atoms with Crippen molar-refractivity contribution in [2.24, 2.45) is 5.92 Å². The Kier molecular flexibility index (Phi) is 2.64. The van der Waals surface area contributed by atoms with Crippen molar-refractivity contribution in [2.45, 2.75) is 31.4 Å². The first-order valence-electron chi connectivity index (χ1n) is 6.34. The molecule has 0 aromatic rings. The number of carbonyl (C=O) groups excluding carboxylic acids is 1. The van der Waals surface area contributed by atoms with Crippen molar-refractivity contribution in [1.29, 1.82) is 0 Å². The standard InChI is InChI=1S/C12H20N2O2/c1-13-4-2-9(3-5-13)12(15)14-7-11-6-10(14)8-16-11/h9-11H,2-8H2,1H3. The molecule has 3 rings (SSSR count). The number of hydrogen-bond acceptors (Lipinski definition) is 3. The van der Waals surface area contributed by atoms with Gasteiger partial charge in [0.25, 0.3) is 0 Å². The van der Waals surface area contributed by atoms with Gasteiger partial charge in [0, 0.05) is 12.5 Å². The largest absolute Gasteiger partial charge is 0.374 e. The second kappa shape index (κ2) is 4.00. The summed E-state index contributed by atoms with van der Waals surface area (Å²) in [6.45, 7) is 3.74. The number of nitrogens with zero attached hydrogens (tertiary/aromatic N) is 2. The van der Waals surface area contributed by atoms with Crippen LogP contribution in [-0.4, -0.2) is 61.1 Å².